The topological polar surface area (TPSA) is 61.9 Å². The van der Waals surface area contributed by atoms with Gasteiger partial charge in [-0.1, -0.05) is 30.3 Å². The number of nitrogens with one attached hydrogen (secondary N) is 1. The van der Waals surface area contributed by atoms with E-state index in [0.29, 0.717) is 11.6 Å². The van der Waals surface area contributed by atoms with Crippen molar-refractivity contribution in [2.75, 3.05) is 13.1 Å². The van der Waals surface area contributed by atoms with Crippen molar-refractivity contribution in [1.29, 1.82) is 0 Å². The highest BCUT2D eigenvalue weighted by Crippen LogP contribution is 2.28. The SMILES string of the molecule is O=C(c1csc(-c2ccccc2)n1)N1CCC[C@H](c2ccn[nH]2)C1. The molecular formula is C18H18N4OS. The molecule has 2 aromatic heterocycles. The Morgan fingerprint density at radius 3 is 2.92 bits per heavy atom. The molecule has 1 atom stereocenters. The van der Waals surface area contributed by atoms with Crippen LogP contribution in [0.5, 0.6) is 0 Å². The third-order valence-corrected chi connectivity index (χ3v) is 5.31. The van der Waals surface area contributed by atoms with E-state index in [1.165, 1.54) is 11.3 Å². The van der Waals surface area contributed by atoms with Crippen LogP contribution in [0.4, 0.5) is 0 Å². The zero-order chi connectivity index (χ0) is 16.4. The van der Waals surface area contributed by atoms with Crippen LogP contribution in [0, 0.1) is 0 Å². The van der Waals surface area contributed by atoms with Crippen LogP contribution in [-0.4, -0.2) is 39.1 Å². The predicted molar refractivity (Wildman–Crippen MR) is 94.0 cm³/mol. The molecule has 0 bridgehead atoms. The summed E-state index contributed by atoms with van der Waals surface area (Å²) in [5.41, 5.74) is 2.70. The molecule has 0 saturated carbocycles. The van der Waals surface area contributed by atoms with Crippen LogP contribution < -0.4 is 0 Å². The van der Waals surface area contributed by atoms with Gasteiger partial charge in [0.15, 0.2) is 0 Å². The largest absolute Gasteiger partial charge is 0.337 e. The van der Waals surface area contributed by atoms with Crippen molar-refractivity contribution in [3.8, 4) is 10.6 Å². The number of aromatic amines is 1. The zero-order valence-corrected chi connectivity index (χ0v) is 14.0. The summed E-state index contributed by atoms with van der Waals surface area (Å²) in [6.07, 6.45) is 3.85. The van der Waals surface area contributed by atoms with E-state index in [9.17, 15) is 4.79 Å². The van der Waals surface area contributed by atoms with Crippen molar-refractivity contribution in [2.45, 2.75) is 18.8 Å². The summed E-state index contributed by atoms with van der Waals surface area (Å²) >= 11 is 1.52. The Balaban J connectivity index is 1.50. The smallest absolute Gasteiger partial charge is 0.273 e. The summed E-state index contributed by atoms with van der Waals surface area (Å²) < 4.78 is 0. The Labute approximate surface area is 144 Å². The molecule has 1 saturated heterocycles. The van der Waals surface area contributed by atoms with E-state index in [2.05, 4.69) is 15.2 Å². The Hall–Kier alpha value is -2.47. The molecule has 5 nitrogen and oxygen atoms in total. The molecule has 0 unspecified atom stereocenters. The number of carbonyl (C=O) groups is 1. The third kappa shape index (κ3) is 2.97. The monoisotopic (exact) mass is 338 g/mol. The lowest BCUT2D eigenvalue weighted by Gasteiger charge is -2.31. The normalized spacial score (nSPS) is 17.8. The molecule has 1 amide bonds. The maximum atomic E-state index is 12.8. The molecule has 1 aliphatic rings. The van der Waals surface area contributed by atoms with Gasteiger partial charge in [0.25, 0.3) is 5.91 Å². The zero-order valence-electron chi connectivity index (χ0n) is 13.2. The van der Waals surface area contributed by atoms with Crippen LogP contribution >= 0.6 is 11.3 Å². The van der Waals surface area contributed by atoms with E-state index in [1.807, 2.05) is 46.7 Å². The average Bonchev–Trinajstić information content (AvgIpc) is 3.34. The number of likely N-dealkylation sites (tertiary alicyclic amines) is 1. The highest BCUT2D eigenvalue weighted by atomic mass is 32.1. The van der Waals surface area contributed by atoms with Crippen LogP contribution in [0.3, 0.4) is 0 Å². The van der Waals surface area contributed by atoms with Crippen LogP contribution in [0.15, 0.2) is 48.0 Å². The second kappa shape index (κ2) is 6.57. The van der Waals surface area contributed by atoms with Gasteiger partial charge in [-0.3, -0.25) is 9.89 Å². The molecule has 122 valence electrons. The predicted octanol–water partition coefficient (Wildman–Crippen LogP) is 3.55. The number of carbonyl (C=O) groups excluding carboxylic acids is 1. The number of benzene rings is 1. The van der Waals surface area contributed by atoms with Gasteiger partial charge in [-0.2, -0.15) is 5.10 Å². The molecule has 3 aromatic rings. The van der Waals surface area contributed by atoms with E-state index in [0.717, 1.165) is 42.2 Å². The first-order valence-corrected chi connectivity index (χ1v) is 8.99. The van der Waals surface area contributed by atoms with Gasteiger partial charge in [0.2, 0.25) is 0 Å². The van der Waals surface area contributed by atoms with E-state index < -0.39 is 0 Å². The molecule has 0 spiro atoms. The summed E-state index contributed by atoms with van der Waals surface area (Å²) in [6.45, 7) is 1.51. The van der Waals surface area contributed by atoms with Crippen LogP contribution in [-0.2, 0) is 0 Å². The quantitative estimate of drug-likeness (QED) is 0.794. The second-order valence-corrected chi connectivity index (χ2v) is 6.86. The molecule has 4 rings (SSSR count). The number of hydrogen-bond acceptors (Lipinski definition) is 4. The highest BCUT2D eigenvalue weighted by molar-refractivity contribution is 7.13. The summed E-state index contributed by atoms with van der Waals surface area (Å²) in [7, 11) is 0. The number of aromatic nitrogens is 3. The second-order valence-electron chi connectivity index (χ2n) is 6.01. The molecule has 1 aliphatic heterocycles. The minimum atomic E-state index is 0.0256. The minimum Gasteiger partial charge on any atom is -0.337 e. The molecule has 24 heavy (non-hydrogen) atoms. The van der Waals surface area contributed by atoms with Gasteiger partial charge < -0.3 is 4.90 Å². The molecular weight excluding hydrogens is 320 g/mol. The Morgan fingerprint density at radius 1 is 1.25 bits per heavy atom. The van der Waals surface area contributed by atoms with Crippen molar-refractivity contribution in [1.82, 2.24) is 20.1 Å². The average molecular weight is 338 g/mol. The van der Waals surface area contributed by atoms with Crippen molar-refractivity contribution >= 4 is 17.2 Å². The number of amides is 1. The first kappa shape index (κ1) is 15.1. The van der Waals surface area contributed by atoms with Gasteiger partial charge in [-0.25, -0.2) is 4.98 Å². The van der Waals surface area contributed by atoms with Crippen molar-refractivity contribution in [3.63, 3.8) is 0 Å². The standard InChI is InChI=1S/C18H18N4OS/c23-18(16-12-24-17(20-16)13-5-2-1-3-6-13)22-10-4-7-14(11-22)15-8-9-19-21-15/h1-3,5-6,8-9,12,14H,4,7,10-11H2,(H,19,21)/t14-/m0/s1. The first-order valence-electron chi connectivity index (χ1n) is 8.11. The summed E-state index contributed by atoms with van der Waals surface area (Å²) in [4.78, 5) is 19.3. The summed E-state index contributed by atoms with van der Waals surface area (Å²) in [6, 6.07) is 12.0. The third-order valence-electron chi connectivity index (χ3n) is 4.41. The van der Waals surface area contributed by atoms with Crippen molar-refractivity contribution < 1.29 is 4.79 Å². The maximum absolute atomic E-state index is 12.8. The van der Waals surface area contributed by atoms with E-state index in [4.69, 9.17) is 0 Å². The Bertz CT molecular complexity index is 813. The lowest BCUT2D eigenvalue weighted by Crippen LogP contribution is -2.39. The van der Waals surface area contributed by atoms with Crippen molar-refractivity contribution in [3.05, 3.63) is 59.4 Å². The molecule has 3 heterocycles. The Morgan fingerprint density at radius 2 is 2.12 bits per heavy atom. The van der Waals surface area contributed by atoms with Gasteiger partial charge in [0, 0.05) is 41.8 Å². The first-order chi connectivity index (χ1) is 11.8. The van der Waals surface area contributed by atoms with Gasteiger partial charge in [0.1, 0.15) is 10.7 Å². The number of H-pyrrole nitrogens is 1. The molecule has 1 aromatic carbocycles. The fourth-order valence-electron chi connectivity index (χ4n) is 3.16. The molecule has 6 heteroatoms. The van der Waals surface area contributed by atoms with Gasteiger partial charge in [0.05, 0.1) is 0 Å². The molecule has 0 radical (unpaired) electrons. The maximum Gasteiger partial charge on any atom is 0.273 e. The molecule has 1 N–H and O–H groups in total. The number of rotatable bonds is 3. The molecule has 0 aliphatic carbocycles. The van der Waals surface area contributed by atoms with E-state index >= 15 is 0 Å². The lowest BCUT2D eigenvalue weighted by molar-refractivity contribution is 0.0701. The summed E-state index contributed by atoms with van der Waals surface area (Å²) in [5, 5.41) is 9.81. The Kier molecular flexibility index (Phi) is 4.13. The van der Waals surface area contributed by atoms with Crippen molar-refractivity contribution in [2.24, 2.45) is 0 Å². The van der Waals surface area contributed by atoms with Gasteiger partial charge >= 0.3 is 0 Å². The fraction of sp³-hybridized carbons (Fsp3) is 0.278. The minimum absolute atomic E-state index is 0.0256. The highest BCUT2D eigenvalue weighted by Gasteiger charge is 2.27. The van der Waals surface area contributed by atoms with Gasteiger partial charge in [-0.05, 0) is 18.9 Å². The van der Waals surface area contributed by atoms with Crippen LogP contribution in [0.25, 0.3) is 10.6 Å². The number of piperidine rings is 1. The number of thiazole rings is 1. The van der Waals surface area contributed by atoms with E-state index in [-0.39, 0.29) is 5.91 Å². The fourth-order valence-corrected chi connectivity index (χ4v) is 3.96. The number of hydrogen-bond donors (Lipinski definition) is 1. The lowest BCUT2D eigenvalue weighted by atomic mass is 9.95. The van der Waals surface area contributed by atoms with Crippen LogP contribution in [0.1, 0.15) is 34.9 Å². The van der Waals surface area contributed by atoms with E-state index in [1.54, 1.807) is 6.20 Å². The number of nitrogens with zero attached hydrogens (tertiary/aromatic N) is 3. The van der Waals surface area contributed by atoms with Crippen LogP contribution in [0.2, 0.25) is 0 Å². The molecule has 1 fully saturated rings. The van der Waals surface area contributed by atoms with Gasteiger partial charge in [-0.15, -0.1) is 11.3 Å². The summed E-state index contributed by atoms with van der Waals surface area (Å²) in [5.74, 6) is 0.357.